The number of hydrogen-bond donors (Lipinski definition) is 4. The highest BCUT2D eigenvalue weighted by atomic mass is 19.4. The van der Waals surface area contributed by atoms with Gasteiger partial charge in [-0.2, -0.15) is 13.2 Å². The number of aromatic nitrogens is 4. The van der Waals surface area contributed by atoms with E-state index in [-0.39, 0.29) is 12.0 Å². The standard InChI is InChI=1S/C27H34F3N7O2/c1-36(12-15-10-21(24(39)23(15)38)37-7-6-18-25(31)32-13-33-26(18)37)17-8-14(9-17)2-5-22-34-19-4-3-16(27(28,29)30)11-20(19)35-22/h3-4,11,13-15,17,21,23-24,38-39H,2,5-10,12H2,1H3,(H,34,35)(H2,31,32,33)/t14?,15-,17?,21-,23-,24+/m1/s1. The van der Waals surface area contributed by atoms with Gasteiger partial charge in [-0.3, -0.25) is 0 Å². The second-order valence-corrected chi connectivity index (χ2v) is 11.4. The number of aliphatic hydroxyl groups excluding tert-OH is 2. The number of fused-ring (bicyclic) bond motifs is 2. The van der Waals surface area contributed by atoms with Crippen LogP contribution in [0.3, 0.4) is 0 Å². The number of halogens is 3. The number of anilines is 2. The molecule has 5 N–H and O–H groups in total. The van der Waals surface area contributed by atoms with Gasteiger partial charge in [0.15, 0.2) is 0 Å². The number of nitrogens with two attached hydrogens (primary N) is 1. The molecule has 3 heterocycles. The predicted molar refractivity (Wildman–Crippen MR) is 140 cm³/mol. The molecule has 3 aromatic rings. The molecular weight excluding hydrogens is 511 g/mol. The lowest BCUT2D eigenvalue weighted by molar-refractivity contribution is -0.137. The summed E-state index contributed by atoms with van der Waals surface area (Å²) >= 11 is 0. The summed E-state index contributed by atoms with van der Waals surface area (Å²) in [5.74, 6) is 2.43. The van der Waals surface area contributed by atoms with Gasteiger partial charge in [-0.25, -0.2) is 15.0 Å². The first-order chi connectivity index (χ1) is 18.6. The summed E-state index contributed by atoms with van der Waals surface area (Å²) in [4.78, 5) is 20.3. The van der Waals surface area contributed by atoms with Crippen LogP contribution in [0.15, 0.2) is 24.5 Å². The van der Waals surface area contributed by atoms with Crippen LogP contribution in [0.1, 0.15) is 42.6 Å². The van der Waals surface area contributed by atoms with Gasteiger partial charge in [0.2, 0.25) is 0 Å². The van der Waals surface area contributed by atoms with Crippen LogP contribution in [0.2, 0.25) is 0 Å². The minimum absolute atomic E-state index is 0.0468. The summed E-state index contributed by atoms with van der Waals surface area (Å²) in [7, 11) is 2.07. The lowest BCUT2D eigenvalue weighted by atomic mass is 9.76. The summed E-state index contributed by atoms with van der Waals surface area (Å²) in [5, 5.41) is 21.7. The maximum Gasteiger partial charge on any atom is 0.416 e. The highest BCUT2D eigenvalue weighted by molar-refractivity contribution is 5.76. The van der Waals surface area contributed by atoms with E-state index in [4.69, 9.17) is 5.73 Å². The van der Waals surface area contributed by atoms with Crippen molar-refractivity contribution in [2.45, 2.75) is 69.0 Å². The normalized spacial score (nSPS) is 28.8. The number of hydrogen-bond acceptors (Lipinski definition) is 8. The van der Waals surface area contributed by atoms with Gasteiger partial charge in [0.25, 0.3) is 0 Å². The Labute approximate surface area is 224 Å². The van der Waals surface area contributed by atoms with Gasteiger partial charge in [-0.15, -0.1) is 0 Å². The van der Waals surface area contributed by atoms with Crippen molar-refractivity contribution in [1.29, 1.82) is 0 Å². The van der Waals surface area contributed by atoms with Crippen LogP contribution in [0, 0.1) is 11.8 Å². The molecule has 0 spiro atoms. The zero-order chi connectivity index (χ0) is 27.5. The van der Waals surface area contributed by atoms with Crippen LogP contribution in [-0.4, -0.2) is 79.5 Å². The Balaban J connectivity index is 0.993. The number of imidazole rings is 1. The number of benzene rings is 1. The van der Waals surface area contributed by atoms with E-state index in [1.807, 2.05) is 0 Å². The van der Waals surface area contributed by atoms with Crippen LogP contribution < -0.4 is 10.6 Å². The molecule has 0 amide bonds. The van der Waals surface area contributed by atoms with Gasteiger partial charge < -0.3 is 30.7 Å². The molecule has 2 saturated carbocycles. The van der Waals surface area contributed by atoms with E-state index in [2.05, 4.69) is 36.8 Å². The molecule has 39 heavy (non-hydrogen) atoms. The van der Waals surface area contributed by atoms with Gasteiger partial charge in [0.1, 0.15) is 29.9 Å². The molecule has 210 valence electrons. The van der Waals surface area contributed by atoms with Crippen molar-refractivity contribution in [2.75, 3.05) is 30.8 Å². The van der Waals surface area contributed by atoms with Crippen LogP contribution in [0.4, 0.5) is 24.8 Å². The van der Waals surface area contributed by atoms with E-state index in [0.717, 1.165) is 49.2 Å². The number of aromatic amines is 1. The monoisotopic (exact) mass is 545 g/mol. The third-order valence-corrected chi connectivity index (χ3v) is 9.01. The van der Waals surface area contributed by atoms with Crippen LogP contribution in [-0.2, 0) is 19.0 Å². The Morgan fingerprint density at radius 1 is 1.15 bits per heavy atom. The molecule has 2 aliphatic carbocycles. The number of H-pyrrole nitrogens is 1. The van der Waals surface area contributed by atoms with Crippen molar-refractivity contribution < 1.29 is 23.4 Å². The van der Waals surface area contributed by atoms with Crippen LogP contribution in [0.25, 0.3) is 11.0 Å². The molecule has 0 unspecified atom stereocenters. The molecule has 0 radical (unpaired) electrons. The van der Waals surface area contributed by atoms with E-state index in [1.54, 1.807) is 0 Å². The zero-order valence-electron chi connectivity index (χ0n) is 21.8. The first kappa shape index (κ1) is 26.3. The quantitative estimate of drug-likeness (QED) is 0.357. The number of aryl methyl sites for hydroxylation is 1. The molecule has 4 atom stereocenters. The maximum absolute atomic E-state index is 13.0. The Bertz CT molecular complexity index is 1340. The highest BCUT2D eigenvalue weighted by Gasteiger charge is 2.47. The van der Waals surface area contributed by atoms with Gasteiger partial charge in [-0.05, 0) is 63.3 Å². The predicted octanol–water partition coefficient (Wildman–Crippen LogP) is 2.77. The number of nitrogens with zero attached hydrogens (tertiary/aromatic N) is 5. The Kier molecular flexibility index (Phi) is 6.67. The van der Waals surface area contributed by atoms with E-state index in [1.165, 1.54) is 12.4 Å². The lowest BCUT2D eigenvalue weighted by Crippen LogP contribution is -2.46. The molecule has 1 aromatic carbocycles. The van der Waals surface area contributed by atoms with Crippen molar-refractivity contribution in [3.05, 3.63) is 41.5 Å². The Morgan fingerprint density at radius 3 is 2.72 bits per heavy atom. The molecule has 3 aliphatic rings. The Morgan fingerprint density at radius 2 is 1.95 bits per heavy atom. The summed E-state index contributed by atoms with van der Waals surface area (Å²) in [6.07, 6.45) is 0.493. The zero-order valence-corrected chi connectivity index (χ0v) is 21.8. The average Bonchev–Trinajstić information content (AvgIpc) is 3.54. The molecule has 0 saturated heterocycles. The Hall–Kier alpha value is -2.96. The molecule has 2 aromatic heterocycles. The first-order valence-electron chi connectivity index (χ1n) is 13.6. The first-order valence-corrected chi connectivity index (χ1v) is 13.6. The smallest absolute Gasteiger partial charge is 0.390 e. The summed E-state index contributed by atoms with van der Waals surface area (Å²) in [5.41, 5.74) is 7.20. The van der Waals surface area contributed by atoms with E-state index in [9.17, 15) is 23.4 Å². The van der Waals surface area contributed by atoms with Crippen molar-refractivity contribution in [3.63, 3.8) is 0 Å². The molecule has 1 aliphatic heterocycles. The molecule has 2 fully saturated rings. The van der Waals surface area contributed by atoms with Crippen molar-refractivity contribution in [3.8, 4) is 0 Å². The SMILES string of the molecule is CN(C[C@H]1C[C@@H](N2CCc3c(N)ncnc32)[C@H](O)[C@@H]1O)C1CC(CCc2nc3ccc(C(F)(F)F)cc3[nH]2)C1. The van der Waals surface area contributed by atoms with E-state index >= 15 is 0 Å². The minimum atomic E-state index is -4.37. The van der Waals surface area contributed by atoms with Crippen molar-refractivity contribution >= 4 is 22.7 Å². The topological polar surface area (TPSA) is 127 Å². The molecule has 12 heteroatoms. The number of nitrogen functional groups attached to an aromatic ring is 1. The minimum Gasteiger partial charge on any atom is -0.390 e. The van der Waals surface area contributed by atoms with Crippen LogP contribution >= 0.6 is 0 Å². The van der Waals surface area contributed by atoms with Crippen molar-refractivity contribution in [1.82, 2.24) is 24.8 Å². The summed E-state index contributed by atoms with van der Waals surface area (Å²) < 4.78 is 38.9. The third kappa shape index (κ3) is 4.93. The van der Waals surface area contributed by atoms with Crippen molar-refractivity contribution in [2.24, 2.45) is 11.8 Å². The maximum atomic E-state index is 13.0. The number of nitrogens with one attached hydrogen (secondary N) is 1. The molecule has 6 rings (SSSR count). The second kappa shape index (κ2) is 9.90. The molecular formula is C27H34F3N7O2. The number of alkyl halides is 3. The number of rotatable bonds is 7. The van der Waals surface area contributed by atoms with E-state index in [0.29, 0.717) is 60.6 Å². The van der Waals surface area contributed by atoms with Gasteiger partial charge in [0, 0.05) is 37.0 Å². The molecule has 0 bridgehead atoms. The fourth-order valence-corrected chi connectivity index (χ4v) is 6.67. The fraction of sp³-hybridized carbons (Fsp3) is 0.593. The summed E-state index contributed by atoms with van der Waals surface area (Å²) in [6.45, 7) is 1.40. The number of aliphatic hydroxyl groups is 2. The highest BCUT2D eigenvalue weighted by Crippen LogP contribution is 2.40. The average molecular weight is 546 g/mol. The summed E-state index contributed by atoms with van der Waals surface area (Å²) in [6, 6.07) is 3.79. The van der Waals surface area contributed by atoms with Gasteiger partial charge in [0.05, 0.1) is 28.7 Å². The van der Waals surface area contributed by atoms with Crippen LogP contribution in [0.5, 0.6) is 0 Å². The molecule has 9 nitrogen and oxygen atoms in total. The largest absolute Gasteiger partial charge is 0.416 e. The third-order valence-electron chi connectivity index (χ3n) is 9.01. The fourth-order valence-electron chi connectivity index (χ4n) is 6.67. The van der Waals surface area contributed by atoms with Gasteiger partial charge >= 0.3 is 6.18 Å². The lowest BCUT2D eigenvalue weighted by Gasteiger charge is -2.42. The second-order valence-electron chi connectivity index (χ2n) is 11.4. The van der Waals surface area contributed by atoms with E-state index < -0.39 is 23.9 Å². The van der Waals surface area contributed by atoms with Gasteiger partial charge in [-0.1, -0.05) is 0 Å².